The number of aliphatic hydroxyl groups excluding tert-OH is 1. The van der Waals surface area contributed by atoms with E-state index in [1.165, 1.54) is 36.3 Å². The lowest BCUT2D eigenvalue weighted by atomic mass is 9.95. The van der Waals surface area contributed by atoms with Crippen molar-refractivity contribution in [2.24, 2.45) is 0 Å². The Morgan fingerprint density at radius 2 is 1.70 bits per heavy atom. The highest BCUT2D eigenvalue weighted by Gasteiger charge is 2.47. The maximum absolute atomic E-state index is 13.3. The number of nitrogens with zero attached hydrogens (tertiary/aromatic N) is 1. The Labute approximate surface area is 218 Å². The first-order chi connectivity index (χ1) is 17.7. The van der Waals surface area contributed by atoms with Gasteiger partial charge in [0.1, 0.15) is 17.3 Å². The summed E-state index contributed by atoms with van der Waals surface area (Å²) in [6, 6.07) is 16.1. The topological polar surface area (TPSA) is 113 Å². The molecule has 3 aromatic rings. The highest BCUT2D eigenvalue weighted by molar-refractivity contribution is 6.51. The molecule has 0 aliphatic carbocycles. The molecule has 1 atom stereocenters. The van der Waals surface area contributed by atoms with Crippen LogP contribution in [0.15, 0.2) is 72.3 Å². The molecule has 1 fully saturated rings. The number of phenolic OH excluding ortho intramolecular Hbond substituents is 1. The fraction of sp³-hybridized carbons (Fsp3) is 0.179. The number of aromatic hydroxyl groups is 1. The van der Waals surface area contributed by atoms with Crippen molar-refractivity contribution in [3.63, 3.8) is 0 Å². The summed E-state index contributed by atoms with van der Waals surface area (Å²) in [4.78, 5) is 39.7. The predicted molar refractivity (Wildman–Crippen MR) is 138 cm³/mol. The number of ether oxygens (including phenoxy) is 2. The molecule has 0 spiro atoms. The maximum Gasteiger partial charge on any atom is 0.310 e. The number of ketones is 1. The van der Waals surface area contributed by atoms with Gasteiger partial charge >= 0.3 is 5.97 Å². The predicted octanol–water partition coefficient (Wildman–Crippen LogP) is 4.79. The summed E-state index contributed by atoms with van der Waals surface area (Å²) in [6.07, 6.45) is 0.0621. The Morgan fingerprint density at radius 3 is 2.30 bits per heavy atom. The maximum atomic E-state index is 13.3. The first kappa shape index (κ1) is 25.8. The molecular weight excluding hydrogens is 498 g/mol. The van der Waals surface area contributed by atoms with E-state index in [0.717, 1.165) is 0 Å². The number of esters is 1. The van der Waals surface area contributed by atoms with E-state index in [2.05, 4.69) is 0 Å². The molecule has 3 aromatic carbocycles. The van der Waals surface area contributed by atoms with E-state index in [0.29, 0.717) is 22.6 Å². The zero-order chi connectivity index (χ0) is 26.7. The molecule has 190 valence electrons. The summed E-state index contributed by atoms with van der Waals surface area (Å²) < 4.78 is 10.1. The summed E-state index contributed by atoms with van der Waals surface area (Å²) in [5, 5.41) is 21.2. The molecule has 0 saturated carbocycles. The molecule has 1 saturated heterocycles. The summed E-state index contributed by atoms with van der Waals surface area (Å²) in [5.74, 6) is -2.10. The molecule has 1 aliphatic heterocycles. The first-order valence-corrected chi connectivity index (χ1v) is 11.8. The Morgan fingerprint density at radius 1 is 1.03 bits per heavy atom. The van der Waals surface area contributed by atoms with Gasteiger partial charge in [0.25, 0.3) is 11.7 Å². The van der Waals surface area contributed by atoms with E-state index in [-0.39, 0.29) is 40.9 Å². The van der Waals surface area contributed by atoms with E-state index in [1.54, 1.807) is 49.4 Å². The second-order valence-electron chi connectivity index (χ2n) is 8.26. The number of rotatable bonds is 7. The smallest absolute Gasteiger partial charge is 0.310 e. The molecule has 0 aromatic heterocycles. The van der Waals surface area contributed by atoms with Crippen molar-refractivity contribution in [1.29, 1.82) is 0 Å². The molecule has 9 heteroatoms. The standard InChI is InChI=1S/C28H24ClNO7/c1-3-37-23(32)14-16-4-9-19(10-5-16)30-25(17-6-11-20(31)12-7-17)24(27(34)28(30)35)26(33)18-8-13-22(36-2)21(29)15-18/h4-13,15,25,31,33H,3,14H2,1-2H3/b26-24-. The van der Waals surface area contributed by atoms with Crippen LogP contribution in [0.2, 0.25) is 5.02 Å². The van der Waals surface area contributed by atoms with Gasteiger partial charge in [-0.15, -0.1) is 0 Å². The van der Waals surface area contributed by atoms with Crippen molar-refractivity contribution in [2.45, 2.75) is 19.4 Å². The molecule has 2 N–H and O–H groups in total. The lowest BCUT2D eigenvalue weighted by Gasteiger charge is -2.25. The lowest BCUT2D eigenvalue weighted by molar-refractivity contribution is -0.142. The third-order valence-corrected chi connectivity index (χ3v) is 6.24. The van der Waals surface area contributed by atoms with Crippen molar-refractivity contribution >= 4 is 40.7 Å². The fourth-order valence-electron chi connectivity index (χ4n) is 4.19. The average molecular weight is 522 g/mol. The van der Waals surface area contributed by atoms with Crippen LogP contribution in [0.4, 0.5) is 5.69 Å². The zero-order valence-corrected chi connectivity index (χ0v) is 20.9. The largest absolute Gasteiger partial charge is 0.508 e. The van der Waals surface area contributed by atoms with Gasteiger partial charge in [0, 0.05) is 11.3 Å². The van der Waals surface area contributed by atoms with Gasteiger partial charge in [-0.2, -0.15) is 0 Å². The SMILES string of the molecule is CCOC(=O)Cc1ccc(N2C(=O)C(=O)/C(=C(\O)c3ccc(OC)c(Cl)c3)C2c2ccc(O)cc2)cc1. The van der Waals surface area contributed by atoms with Gasteiger partial charge in [-0.3, -0.25) is 19.3 Å². The van der Waals surface area contributed by atoms with Gasteiger partial charge < -0.3 is 19.7 Å². The van der Waals surface area contributed by atoms with Crippen LogP contribution < -0.4 is 9.64 Å². The summed E-state index contributed by atoms with van der Waals surface area (Å²) in [5.41, 5.74) is 1.66. The molecule has 1 unspecified atom stereocenters. The molecular formula is C28H24ClNO7. The lowest BCUT2D eigenvalue weighted by Crippen LogP contribution is -2.29. The third kappa shape index (κ3) is 5.15. The third-order valence-electron chi connectivity index (χ3n) is 5.95. The van der Waals surface area contributed by atoms with E-state index in [1.807, 2.05) is 0 Å². The first-order valence-electron chi connectivity index (χ1n) is 11.4. The molecule has 0 bridgehead atoms. The Hall–Kier alpha value is -4.30. The van der Waals surface area contributed by atoms with Gasteiger partial charge in [0.15, 0.2) is 0 Å². The number of amides is 1. The number of halogens is 1. The second kappa shape index (κ2) is 10.8. The van der Waals surface area contributed by atoms with Crippen LogP contribution in [0.3, 0.4) is 0 Å². The van der Waals surface area contributed by atoms with Crippen LogP contribution in [0, 0.1) is 0 Å². The van der Waals surface area contributed by atoms with Crippen LogP contribution in [0.1, 0.15) is 29.7 Å². The van der Waals surface area contributed by atoms with Crippen molar-refractivity contribution < 1.29 is 34.1 Å². The van der Waals surface area contributed by atoms with Gasteiger partial charge in [0.2, 0.25) is 0 Å². The van der Waals surface area contributed by atoms with E-state index in [9.17, 15) is 24.6 Å². The quantitative estimate of drug-likeness (QED) is 0.199. The number of Topliss-reactive ketones (excluding diaryl/α,β-unsaturated/α-hetero) is 1. The Kier molecular flexibility index (Phi) is 7.50. The van der Waals surface area contributed by atoms with E-state index < -0.39 is 23.5 Å². The zero-order valence-electron chi connectivity index (χ0n) is 20.1. The van der Waals surface area contributed by atoms with Crippen LogP contribution in [-0.2, 0) is 25.5 Å². The number of hydrogen-bond donors (Lipinski definition) is 2. The van der Waals surface area contributed by atoms with Crippen LogP contribution in [0.5, 0.6) is 11.5 Å². The van der Waals surface area contributed by atoms with Crippen LogP contribution in [-0.4, -0.2) is 41.6 Å². The monoisotopic (exact) mass is 521 g/mol. The molecule has 4 rings (SSSR count). The minimum absolute atomic E-state index is 0.00551. The van der Waals surface area contributed by atoms with Crippen LogP contribution >= 0.6 is 11.6 Å². The summed E-state index contributed by atoms with van der Waals surface area (Å²) >= 11 is 6.23. The van der Waals surface area contributed by atoms with Gasteiger partial charge in [-0.05, 0) is 60.5 Å². The Balaban J connectivity index is 1.81. The van der Waals surface area contributed by atoms with Gasteiger partial charge in [-0.25, -0.2) is 0 Å². The van der Waals surface area contributed by atoms with Crippen molar-refractivity contribution in [3.8, 4) is 11.5 Å². The van der Waals surface area contributed by atoms with Crippen molar-refractivity contribution in [2.75, 3.05) is 18.6 Å². The highest BCUT2D eigenvalue weighted by atomic mass is 35.5. The van der Waals surface area contributed by atoms with Gasteiger partial charge in [-0.1, -0.05) is 35.9 Å². The van der Waals surface area contributed by atoms with Gasteiger partial charge in [0.05, 0.1) is 36.8 Å². The van der Waals surface area contributed by atoms with Crippen molar-refractivity contribution in [1.82, 2.24) is 0 Å². The van der Waals surface area contributed by atoms with E-state index >= 15 is 0 Å². The number of carbonyl (C=O) groups excluding carboxylic acids is 3. The second-order valence-corrected chi connectivity index (χ2v) is 8.67. The highest BCUT2D eigenvalue weighted by Crippen LogP contribution is 2.43. The normalized spacial score (nSPS) is 16.6. The molecule has 8 nitrogen and oxygen atoms in total. The number of phenols is 1. The number of hydrogen-bond acceptors (Lipinski definition) is 7. The number of anilines is 1. The molecule has 0 radical (unpaired) electrons. The molecule has 1 amide bonds. The van der Waals surface area contributed by atoms with E-state index in [4.69, 9.17) is 21.1 Å². The molecule has 1 aliphatic rings. The Bertz CT molecular complexity index is 1380. The number of aliphatic hydroxyl groups is 1. The molecule has 37 heavy (non-hydrogen) atoms. The summed E-state index contributed by atoms with van der Waals surface area (Å²) in [7, 11) is 1.45. The minimum atomic E-state index is -0.989. The molecule has 1 heterocycles. The number of methoxy groups -OCH3 is 1. The van der Waals surface area contributed by atoms with Crippen LogP contribution in [0.25, 0.3) is 5.76 Å². The summed E-state index contributed by atoms with van der Waals surface area (Å²) in [6.45, 7) is 1.99. The van der Waals surface area contributed by atoms with Crippen molar-refractivity contribution in [3.05, 3.63) is 94.0 Å². The minimum Gasteiger partial charge on any atom is -0.508 e. The number of benzene rings is 3. The fourth-order valence-corrected chi connectivity index (χ4v) is 4.45. The average Bonchev–Trinajstić information content (AvgIpc) is 3.15. The number of carbonyl (C=O) groups is 3.